The molecule has 3 nitrogen and oxygen atoms in total. The predicted octanol–water partition coefficient (Wildman–Crippen LogP) is 3.99. The third kappa shape index (κ3) is 2.75. The van der Waals surface area contributed by atoms with E-state index in [1.807, 2.05) is 0 Å². The summed E-state index contributed by atoms with van der Waals surface area (Å²) in [6, 6.07) is 10.1. The van der Waals surface area contributed by atoms with Crippen LogP contribution in [0.15, 0.2) is 36.4 Å². The highest BCUT2D eigenvalue weighted by Gasteiger charge is 2.17. The first-order valence-corrected chi connectivity index (χ1v) is 6.32. The van der Waals surface area contributed by atoms with Crippen molar-refractivity contribution in [2.45, 2.75) is 20.0 Å². The van der Waals surface area contributed by atoms with Crippen LogP contribution in [0.1, 0.15) is 24.2 Å². The zero-order valence-corrected chi connectivity index (χ0v) is 11.7. The van der Waals surface area contributed by atoms with Gasteiger partial charge >= 0.3 is 0 Å². The highest BCUT2D eigenvalue weighted by atomic mass is 19.1. The Morgan fingerprint density at radius 1 is 1.05 bits per heavy atom. The van der Waals surface area contributed by atoms with Gasteiger partial charge in [-0.25, -0.2) is 4.39 Å². The van der Waals surface area contributed by atoms with Gasteiger partial charge in [-0.2, -0.15) is 0 Å². The van der Waals surface area contributed by atoms with Gasteiger partial charge in [-0.1, -0.05) is 18.2 Å². The summed E-state index contributed by atoms with van der Waals surface area (Å²) < 4.78 is 24.8. The van der Waals surface area contributed by atoms with E-state index < -0.39 is 11.9 Å². The molecule has 0 fully saturated rings. The number of ether oxygens (including phenoxy) is 2. The first-order chi connectivity index (χ1) is 9.54. The molecular formula is C16H17FO3. The molecule has 106 valence electrons. The van der Waals surface area contributed by atoms with E-state index in [9.17, 15) is 9.50 Å². The Balaban J connectivity index is 2.46. The third-order valence-corrected chi connectivity index (χ3v) is 3.04. The lowest BCUT2D eigenvalue weighted by atomic mass is 10.1. The minimum atomic E-state index is -0.783. The lowest BCUT2D eigenvalue weighted by Gasteiger charge is -2.17. The van der Waals surface area contributed by atoms with Crippen LogP contribution in [-0.2, 0) is 0 Å². The Kier molecular flexibility index (Phi) is 4.25. The summed E-state index contributed by atoms with van der Waals surface area (Å²) in [4.78, 5) is 0. The van der Waals surface area contributed by atoms with E-state index >= 15 is 0 Å². The molecule has 2 aromatic carbocycles. The molecule has 0 aliphatic rings. The number of hydrogen-bond donors (Lipinski definition) is 1. The summed E-state index contributed by atoms with van der Waals surface area (Å²) in [7, 11) is 1.51. The molecule has 20 heavy (non-hydrogen) atoms. The Bertz CT molecular complexity index is 609. The van der Waals surface area contributed by atoms with Crippen molar-refractivity contribution in [1.29, 1.82) is 0 Å². The van der Waals surface area contributed by atoms with Crippen LogP contribution in [0, 0.1) is 12.7 Å². The van der Waals surface area contributed by atoms with E-state index in [2.05, 4.69) is 0 Å². The molecule has 0 radical (unpaired) electrons. The Morgan fingerprint density at radius 3 is 2.30 bits per heavy atom. The number of aryl methyl sites for hydroxylation is 1. The molecule has 0 heterocycles. The van der Waals surface area contributed by atoms with Crippen LogP contribution in [0.4, 0.5) is 4.39 Å². The van der Waals surface area contributed by atoms with Gasteiger partial charge in [0.25, 0.3) is 0 Å². The Labute approximate surface area is 117 Å². The summed E-state index contributed by atoms with van der Waals surface area (Å²) in [5.41, 5.74) is 1.000. The number of halogens is 1. The van der Waals surface area contributed by atoms with Crippen molar-refractivity contribution in [2.24, 2.45) is 0 Å². The Morgan fingerprint density at radius 2 is 1.65 bits per heavy atom. The standard InChI is InChI=1S/C16H17FO3/c1-10-6-4-9-14(16(10)17)20-13-8-5-7-12(19-3)15(13)11(2)18/h4-9,11,18H,1-3H3/t11-/m0/s1. The van der Waals surface area contributed by atoms with E-state index in [0.29, 0.717) is 22.6 Å². The second-order valence-corrected chi connectivity index (χ2v) is 4.54. The van der Waals surface area contributed by atoms with E-state index in [-0.39, 0.29) is 5.75 Å². The number of methoxy groups -OCH3 is 1. The van der Waals surface area contributed by atoms with Gasteiger partial charge < -0.3 is 14.6 Å². The number of hydrogen-bond acceptors (Lipinski definition) is 3. The van der Waals surface area contributed by atoms with Crippen molar-refractivity contribution in [3.8, 4) is 17.2 Å². The maximum absolute atomic E-state index is 14.0. The monoisotopic (exact) mass is 276 g/mol. The maximum Gasteiger partial charge on any atom is 0.168 e. The number of benzene rings is 2. The molecule has 0 saturated heterocycles. The molecule has 2 aromatic rings. The SMILES string of the molecule is COc1cccc(Oc2cccc(C)c2F)c1[C@H](C)O. The summed E-state index contributed by atoms with van der Waals surface area (Å²) in [5.74, 6) is 0.599. The minimum Gasteiger partial charge on any atom is -0.496 e. The molecule has 0 amide bonds. The Hall–Kier alpha value is -2.07. The van der Waals surface area contributed by atoms with Crippen molar-refractivity contribution in [1.82, 2.24) is 0 Å². The van der Waals surface area contributed by atoms with Gasteiger partial charge in [0.05, 0.1) is 18.8 Å². The van der Waals surface area contributed by atoms with Crippen LogP contribution < -0.4 is 9.47 Å². The van der Waals surface area contributed by atoms with Gasteiger partial charge in [-0.05, 0) is 37.6 Å². The molecule has 0 aromatic heterocycles. The summed E-state index contributed by atoms with van der Waals surface area (Å²) >= 11 is 0. The zero-order chi connectivity index (χ0) is 14.7. The normalized spacial score (nSPS) is 12.1. The van der Waals surface area contributed by atoms with Gasteiger partial charge in [-0.3, -0.25) is 0 Å². The van der Waals surface area contributed by atoms with Crippen LogP contribution in [-0.4, -0.2) is 12.2 Å². The first-order valence-electron chi connectivity index (χ1n) is 6.32. The van der Waals surface area contributed by atoms with Gasteiger partial charge in [0, 0.05) is 0 Å². The second-order valence-electron chi connectivity index (χ2n) is 4.54. The molecule has 1 atom stereocenters. The average molecular weight is 276 g/mol. The minimum absolute atomic E-state index is 0.125. The van der Waals surface area contributed by atoms with Crippen molar-refractivity contribution in [3.05, 3.63) is 53.3 Å². The van der Waals surface area contributed by atoms with Crippen LogP contribution in [0.3, 0.4) is 0 Å². The first kappa shape index (κ1) is 14.3. The van der Waals surface area contributed by atoms with Gasteiger partial charge in [0.2, 0.25) is 0 Å². The second kappa shape index (κ2) is 5.92. The van der Waals surface area contributed by atoms with Crippen LogP contribution in [0.2, 0.25) is 0 Å². The third-order valence-electron chi connectivity index (χ3n) is 3.04. The largest absolute Gasteiger partial charge is 0.496 e. The van der Waals surface area contributed by atoms with E-state index in [1.54, 1.807) is 50.2 Å². The highest BCUT2D eigenvalue weighted by molar-refractivity contribution is 5.48. The fraction of sp³-hybridized carbons (Fsp3) is 0.250. The van der Waals surface area contributed by atoms with Gasteiger partial charge in [-0.15, -0.1) is 0 Å². The molecule has 0 bridgehead atoms. The molecule has 2 rings (SSSR count). The molecule has 1 N–H and O–H groups in total. The number of aliphatic hydroxyl groups is 1. The smallest absolute Gasteiger partial charge is 0.168 e. The fourth-order valence-electron chi connectivity index (χ4n) is 2.02. The fourth-order valence-corrected chi connectivity index (χ4v) is 2.02. The zero-order valence-electron chi connectivity index (χ0n) is 11.7. The highest BCUT2D eigenvalue weighted by Crippen LogP contribution is 2.37. The van der Waals surface area contributed by atoms with Crippen LogP contribution in [0.25, 0.3) is 0 Å². The van der Waals surface area contributed by atoms with Crippen molar-refractivity contribution in [3.63, 3.8) is 0 Å². The lowest BCUT2D eigenvalue weighted by molar-refractivity contribution is 0.190. The predicted molar refractivity (Wildman–Crippen MR) is 74.8 cm³/mol. The molecule has 0 aliphatic heterocycles. The molecule has 4 heteroatoms. The average Bonchev–Trinajstić information content (AvgIpc) is 2.43. The summed E-state index contributed by atoms with van der Waals surface area (Å²) in [6.07, 6.45) is -0.783. The van der Waals surface area contributed by atoms with Crippen molar-refractivity contribution in [2.75, 3.05) is 7.11 Å². The number of aliphatic hydroxyl groups excluding tert-OH is 1. The topological polar surface area (TPSA) is 38.7 Å². The van der Waals surface area contributed by atoms with Crippen molar-refractivity contribution >= 4 is 0 Å². The molecule has 0 spiro atoms. The van der Waals surface area contributed by atoms with Crippen molar-refractivity contribution < 1.29 is 19.0 Å². The molecule has 0 unspecified atom stereocenters. The van der Waals surface area contributed by atoms with Crippen LogP contribution >= 0.6 is 0 Å². The van der Waals surface area contributed by atoms with Gasteiger partial charge in [0.15, 0.2) is 11.6 Å². The molecule has 0 aliphatic carbocycles. The van der Waals surface area contributed by atoms with E-state index in [1.165, 1.54) is 7.11 Å². The summed E-state index contributed by atoms with van der Waals surface area (Å²) in [5, 5.41) is 9.86. The van der Waals surface area contributed by atoms with E-state index in [0.717, 1.165) is 0 Å². The number of rotatable bonds is 4. The molecule has 0 saturated carbocycles. The van der Waals surface area contributed by atoms with Gasteiger partial charge in [0.1, 0.15) is 11.5 Å². The molecular weight excluding hydrogens is 259 g/mol. The summed E-state index contributed by atoms with van der Waals surface area (Å²) in [6.45, 7) is 3.28. The van der Waals surface area contributed by atoms with E-state index in [4.69, 9.17) is 9.47 Å². The lowest BCUT2D eigenvalue weighted by Crippen LogP contribution is -2.01. The van der Waals surface area contributed by atoms with Crippen LogP contribution in [0.5, 0.6) is 17.2 Å². The quantitative estimate of drug-likeness (QED) is 0.917. The maximum atomic E-state index is 14.0.